The SMILES string of the molecule is COC(=O)C(C)C1CCC2(C)C3C(OC)CC4(C)CC(N=O)CCC4(C)C3(C)CCC12C. The fraction of sp³-hybridized carbons (Fsp3) is 0.963. The first-order valence-corrected chi connectivity index (χ1v) is 12.8. The summed E-state index contributed by atoms with van der Waals surface area (Å²) < 4.78 is 11.5. The largest absolute Gasteiger partial charge is 0.469 e. The van der Waals surface area contributed by atoms with E-state index in [1.165, 1.54) is 7.11 Å². The molecule has 4 aliphatic carbocycles. The lowest BCUT2D eigenvalue weighted by Crippen LogP contribution is -2.70. The van der Waals surface area contributed by atoms with Gasteiger partial charge in [-0.1, -0.05) is 46.7 Å². The molecule has 4 rings (SSSR count). The van der Waals surface area contributed by atoms with E-state index in [1.54, 1.807) is 0 Å². The van der Waals surface area contributed by atoms with Crippen molar-refractivity contribution in [1.82, 2.24) is 0 Å². The quantitative estimate of drug-likeness (QED) is 0.370. The molecule has 0 bridgehead atoms. The molecule has 32 heavy (non-hydrogen) atoms. The number of carbonyl (C=O) groups excluding carboxylic acids is 1. The van der Waals surface area contributed by atoms with Crippen molar-refractivity contribution < 1.29 is 14.3 Å². The van der Waals surface area contributed by atoms with E-state index < -0.39 is 0 Å². The Morgan fingerprint density at radius 2 is 1.56 bits per heavy atom. The van der Waals surface area contributed by atoms with Gasteiger partial charge in [-0.25, -0.2) is 0 Å². The minimum absolute atomic E-state index is 0.0527. The highest BCUT2D eigenvalue weighted by Gasteiger charge is 2.74. The monoisotopic (exact) mass is 447 g/mol. The van der Waals surface area contributed by atoms with Crippen LogP contribution >= 0.6 is 0 Å². The van der Waals surface area contributed by atoms with Crippen LogP contribution in [0.4, 0.5) is 0 Å². The summed E-state index contributed by atoms with van der Waals surface area (Å²) in [5, 5.41) is 3.49. The summed E-state index contributed by atoms with van der Waals surface area (Å²) >= 11 is 0. The molecule has 182 valence electrons. The van der Waals surface area contributed by atoms with Crippen molar-refractivity contribution in [3.05, 3.63) is 4.91 Å². The molecular weight excluding hydrogens is 402 g/mol. The number of hydrogen-bond donors (Lipinski definition) is 0. The average molecular weight is 448 g/mol. The molecule has 0 aromatic heterocycles. The Morgan fingerprint density at radius 1 is 0.906 bits per heavy atom. The highest BCUT2D eigenvalue weighted by atomic mass is 16.5. The Balaban J connectivity index is 1.79. The third-order valence-electron chi connectivity index (χ3n) is 12.5. The number of carbonyl (C=O) groups is 1. The summed E-state index contributed by atoms with van der Waals surface area (Å²) in [6.07, 6.45) is 8.53. The molecule has 0 saturated heterocycles. The Morgan fingerprint density at radius 3 is 2.16 bits per heavy atom. The van der Waals surface area contributed by atoms with Gasteiger partial charge < -0.3 is 9.47 Å². The third kappa shape index (κ3) is 2.75. The number of nitrogens with zero attached hydrogens (tertiary/aromatic N) is 1. The molecule has 0 aromatic carbocycles. The Bertz CT molecular complexity index is 786. The van der Waals surface area contributed by atoms with E-state index in [0.717, 1.165) is 51.4 Å². The molecule has 0 amide bonds. The maximum atomic E-state index is 12.5. The van der Waals surface area contributed by atoms with Gasteiger partial charge in [-0.2, -0.15) is 4.91 Å². The predicted octanol–water partition coefficient (Wildman–Crippen LogP) is 6.38. The minimum Gasteiger partial charge on any atom is -0.469 e. The maximum Gasteiger partial charge on any atom is 0.308 e. The Labute approximate surface area is 194 Å². The van der Waals surface area contributed by atoms with Gasteiger partial charge in [0.2, 0.25) is 0 Å². The molecule has 4 aliphatic rings. The number of nitroso groups, excluding NO2 is 1. The maximum absolute atomic E-state index is 12.5. The zero-order chi connectivity index (χ0) is 23.7. The molecule has 4 saturated carbocycles. The summed E-state index contributed by atoms with van der Waals surface area (Å²) in [7, 11) is 3.40. The summed E-state index contributed by atoms with van der Waals surface area (Å²) in [4.78, 5) is 24.0. The van der Waals surface area contributed by atoms with E-state index in [-0.39, 0.29) is 51.1 Å². The summed E-state index contributed by atoms with van der Waals surface area (Å²) in [6.45, 7) is 14.5. The van der Waals surface area contributed by atoms with Crippen molar-refractivity contribution in [2.75, 3.05) is 14.2 Å². The van der Waals surface area contributed by atoms with Crippen molar-refractivity contribution in [2.24, 2.45) is 50.0 Å². The number of ether oxygens (including phenoxy) is 2. The molecule has 0 radical (unpaired) electrons. The zero-order valence-corrected chi connectivity index (χ0v) is 21.6. The molecule has 0 spiro atoms. The van der Waals surface area contributed by atoms with E-state index in [1.807, 2.05) is 7.11 Å². The van der Waals surface area contributed by atoms with E-state index >= 15 is 0 Å². The van der Waals surface area contributed by atoms with Gasteiger partial charge in [0.05, 0.1) is 25.2 Å². The second kappa shape index (κ2) is 7.52. The van der Waals surface area contributed by atoms with Crippen molar-refractivity contribution >= 4 is 5.97 Å². The van der Waals surface area contributed by atoms with Crippen LogP contribution < -0.4 is 0 Å². The van der Waals surface area contributed by atoms with Crippen LogP contribution in [0.5, 0.6) is 0 Å². The van der Waals surface area contributed by atoms with Gasteiger partial charge in [0.1, 0.15) is 0 Å². The summed E-state index contributed by atoms with van der Waals surface area (Å²) in [5.74, 6) is 0.640. The average Bonchev–Trinajstić information content (AvgIpc) is 3.04. The van der Waals surface area contributed by atoms with Crippen LogP contribution in [0.2, 0.25) is 0 Å². The molecule has 0 aromatic rings. The second-order valence-corrected chi connectivity index (χ2v) is 13.1. The highest BCUT2D eigenvalue weighted by Crippen LogP contribution is 2.79. The summed E-state index contributed by atoms with van der Waals surface area (Å²) in [6, 6.07) is -0.0630. The number of rotatable bonds is 4. The van der Waals surface area contributed by atoms with Gasteiger partial charge in [0.15, 0.2) is 0 Å². The van der Waals surface area contributed by atoms with Crippen molar-refractivity contribution in [2.45, 2.75) is 105 Å². The van der Waals surface area contributed by atoms with Crippen LogP contribution in [0.25, 0.3) is 0 Å². The van der Waals surface area contributed by atoms with Crippen LogP contribution in [0, 0.1) is 49.7 Å². The number of hydrogen-bond acceptors (Lipinski definition) is 5. The molecule has 10 atom stereocenters. The normalized spacial score (nSPS) is 53.5. The van der Waals surface area contributed by atoms with Crippen LogP contribution in [0.3, 0.4) is 0 Å². The van der Waals surface area contributed by atoms with Crippen LogP contribution in [-0.4, -0.2) is 32.3 Å². The molecule has 0 aliphatic heterocycles. The first-order valence-electron chi connectivity index (χ1n) is 12.8. The van der Waals surface area contributed by atoms with Gasteiger partial charge in [-0.3, -0.25) is 4.79 Å². The first-order chi connectivity index (χ1) is 14.9. The van der Waals surface area contributed by atoms with E-state index in [4.69, 9.17) is 9.47 Å². The number of esters is 1. The molecule has 4 fully saturated rings. The Kier molecular flexibility index (Phi) is 5.67. The fourth-order valence-corrected chi connectivity index (χ4v) is 10.2. The molecule has 10 unspecified atom stereocenters. The van der Waals surface area contributed by atoms with Crippen LogP contribution in [0.1, 0.15) is 92.9 Å². The Hall–Kier alpha value is -0.970. The van der Waals surface area contributed by atoms with Crippen LogP contribution in [0.15, 0.2) is 5.18 Å². The van der Waals surface area contributed by atoms with Crippen molar-refractivity contribution in [3.8, 4) is 0 Å². The zero-order valence-electron chi connectivity index (χ0n) is 21.6. The minimum atomic E-state index is -0.0734. The predicted molar refractivity (Wildman–Crippen MR) is 126 cm³/mol. The van der Waals surface area contributed by atoms with Crippen molar-refractivity contribution in [1.29, 1.82) is 0 Å². The van der Waals surface area contributed by atoms with Gasteiger partial charge in [-0.15, -0.1) is 0 Å². The highest BCUT2D eigenvalue weighted by molar-refractivity contribution is 5.72. The standard InChI is InChI=1S/C27H45NO4/c1-17(22(29)32-8)19-10-11-25(4)21-20(31-7)16-23(2)15-18(28-30)9-12-27(23,6)26(21,5)14-13-24(19,25)3/h17-21H,9-16H2,1-8H3. The fourth-order valence-electron chi connectivity index (χ4n) is 10.2. The smallest absolute Gasteiger partial charge is 0.308 e. The second-order valence-electron chi connectivity index (χ2n) is 13.1. The lowest BCUT2D eigenvalue weighted by molar-refractivity contribution is -0.277. The van der Waals surface area contributed by atoms with E-state index in [0.29, 0.717) is 11.8 Å². The lowest BCUT2D eigenvalue weighted by Gasteiger charge is -2.74. The molecular formula is C27H45NO4. The topological polar surface area (TPSA) is 65.0 Å². The summed E-state index contributed by atoms with van der Waals surface area (Å²) in [5.41, 5.74) is 0.533. The molecule has 5 heteroatoms. The number of fused-ring (bicyclic) bond motifs is 5. The van der Waals surface area contributed by atoms with Crippen LogP contribution in [-0.2, 0) is 14.3 Å². The van der Waals surface area contributed by atoms with Gasteiger partial charge in [0, 0.05) is 7.11 Å². The lowest BCUT2D eigenvalue weighted by atomic mass is 9.31. The molecule has 0 N–H and O–H groups in total. The molecule has 0 heterocycles. The van der Waals surface area contributed by atoms with E-state index in [9.17, 15) is 9.70 Å². The molecule has 5 nitrogen and oxygen atoms in total. The first kappa shape index (κ1) is 24.2. The number of methoxy groups -OCH3 is 2. The van der Waals surface area contributed by atoms with E-state index in [2.05, 4.69) is 46.7 Å². The van der Waals surface area contributed by atoms with Gasteiger partial charge >= 0.3 is 5.97 Å². The van der Waals surface area contributed by atoms with Crippen molar-refractivity contribution in [3.63, 3.8) is 0 Å². The third-order valence-corrected chi connectivity index (χ3v) is 12.5. The van der Waals surface area contributed by atoms with Gasteiger partial charge in [-0.05, 0) is 90.3 Å². The van der Waals surface area contributed by atoms with Gasteiger partial charge in [0.25, 0.3) is 0 Å².